The third kappa shape index (κ3) is 3.75. The molecule has 3 heterocycles. The van der Waals surface area contributed by atoms with Crippen molar-refractivity contribution in [3.05, 3.63) is 24.3 Å². The number of benzene rings is 1. The minimum Gasteiger partial charge on any atom is -0.477 e. The molecule has 4 rings (SSSR count). The molecule has 3 aliphatic heterocycles. The van der Waals surface area contributed by atoms with E-state index in [4.69, 9.17) is 9.47 Å². The van der Waals surface area contributed by atoms with Gasteiger partial charge < -0.3 is 24.6 Å². The molecule has 1 N–H and O–H groups in total. The lowest BCUT2D eigenvalue weighted by Crippen LogP contribution is -2.53. The standard InChI is InChI=1S/C19H27N3O3/c23-19(21-9-11-24-12-10-21)18-14-22(13-15-5-7-20-8-6-15)16-3-1-2-4-17(16)25-18/h1-4,15,18,20H,5-14H2. The van der Waals surface area contributed by atoms with Gasteiger partial charge in [-0.1, -0.05) is 12.1 Å². The quantitative estimate of drug-likeness (QED) is 0.890. The van der Waals surface area contributed by atoms with E-state index in [-0.39, 0.29) is 5.91 Å². The number of para-hydroxylation sites is 2. The normalized spacial score (nSPS) is 24.6. The largest absolute Gasteiger partial charge is 0.477 e. The maximum atomic E-state index is 12.9. The fourth-order valence-electron chi connectivity index (χ4n) is 3.97. The molecule has 1 aromatic rings. The summed E-state index contributed by atoms with van der Waals surface area (Å²) >= 11 is 0. The van der Waals surface area contributed by atoms with E-state index in [1.807, 2.05) is 23.1 Å². The summed E-state index contributed by atoms with van der Waals surface area (Å²) in [6.07, 6.45) is 1.97. The first-order valence-electron chi connectivity index (χ1n) is 9.39. The molecule has 0 spiro atoms. The fourth-order valence-corrected chi connectivity index (χ4v) is 3.97. The highest BCUT2D eigenvalue weighted by Gasteiger charge is 2.34. The molecule has 25 heavy (non-hydrogen) atoms. The predicted molar refractivity (Wildman–Crippen MR) is 96.1 cm³/mol. The first-order chi connectivity index (χ1) is 12.3. The van der Waals surface area contributed by atoms with E-state index in [2.05, 4.69) is 16.3 Å². The number of morpholine rings is 1. The van der Waals surface area contributed by atoms with E-state index < -0.39 is 6.10 Å². The molecule has 1 amide bonds. The van der Waals surface area contributed by atoms with E-state index in [9.17, 15) is 4.79 Å². The van der Waals surface area contributed by atoms with Crippen molar-refractivity contribution in [2.24, 2.45) is 5.92 Å². The van der Waals surface area contributed by atoms with Crippen molar-refractivity contribution in [1.29, 1.82) is 0 Å². The number of nitrogens with zero attached hydrogens (tertiary/aromatic N) is 2. The van der Waals surface area contributed by atoms with E-state index in [0.717, 1.165) is 31.1 Å². The average molecular weight is 345 g/mol. The zero-order chi connectivity index (χ0) is 17.1. The minimum atomic E-state index is -0.422. The Kier molecular flexibility index (Phi) is 5.08. The summed E-state index contributed by atoms with van der Waals surface area (Å²) in [5.74, 6) is 1.59. The maximum absolute atomic E-state index is 12.9. The number of hydrogen-bond donors (Lipinski definition) is 1. The number of hydrogen-bond acceptors (Lipinski definition) is 5. The van der Waals surface area contributed by atoms with Crippen LogP contribution < -0.4 is 15.0 Å². The maximum Gasteiger partial charge on any atom is 0.265 e. The van der Waals surface area contributed by atoms with Gasteiger partial charge in [-0.15, -0.1) is 0 Å². The van der Waals surface area contributed by atoms with E-state index >= 15 is 0 Å². The summed E-state index contributed by atoms with van der Waals surface area (Å²) in [6.45, 7) is 6.37. The molecule has 0 bridgehead atoms. The molecule has 1 unspecified atom stereocenters. The summed E-state index contributed by atoms with van der Waals surface area (Å²) in [4.78, 5) is 17.1. The Morgan fingerprint density at radius 3 is 2.72 bits per heavy atom. The number of amides is 1. The topological polar surface area (TPSA) is 54.0 Å². The summed E-state index contributed by atoms with van der Waals surface area (Å²) in [5.41, 5.74) is 1.12. The third-order valence-corrected chi connectivity index (χ3v) is 5.40. The lowest BCUT2D eigenvalue weighted by molar-refractivity contribution is -0.142. The first-order valence-corrected chi connectivity index (χ1v) is 9.39. The monoisotopic (exact) mass is 345 g/mol. The number of piperidine rings is 1. The van der Waals surface area contributed by atoms with Crippen LogP contribution in [-0.4, -0.2) is 69.4 Å². The van der Waals surface area contributed by atoms with Crippen molar-refractivity contribution in [1.82, 2.24) is 10.2 Å². The van der Waals surface area contributed by atoms with Crippen LogP contribution in [0.2, 0.25) is 0 Å². The van der Waals surface area contributed by atoms with Gasteiger partial charge in [0.2, 0.25) is 0 Å². The number of nitrogens with one attached hydrogen (secondary N) is 1. The highest BCUT2D eigenvalue weighted by molar-refractivity contribution is 5.83. The lowest BCUT2D eigenvalue weighted by Gasteiger charge is -2.40. The third-order valence-electron chi connectivity index (χ3n) is 5.40. The second-order valence-corrected chi connectivity index (χ2v) is 7.11. The highest BCUT2D eigenvalue weighted by atomic mass is 16.5. The molecule has 2 saturated heterocycles. The SMILES string of the molecule is O=C(C1CN(CC2CCNCC2)c2ccccc2O1)N1CCOCC1. The molecule has 0 aliphatic carbocycles. The van der Waals surface area contributed by atoms with Gasteiger partial charge >= 0.3 is 0 Å². The number of fused-ring (bicyclic) bond motifs is 1. The van der Waals surface area contributed by atoms with Crippen LogP contribution in [0.4, 0.5) is 5.69 Å². The van der Waals surface area contributed by atoms with E-state index in [0.29, 0.717) is 38.8 Å². The first kappa shape index (κ1) is 16.7. The number of carbonyl (C=O) groups is 1. The average Bonchev–Trinajstić information content (AvgIpc) is 2.69. The molecule has 0 radical (unpaired) electrons. The lowest BCUT2D eigenvalue weighted by atomic mass is 9.96. The molecule has 1 atom stereocenters. The van der Waals surface area contributed by atoms with E-state index in [1.54, 1.807) is 0 Å². The van der Waals surface area contributed by atoms with Gasteiger partial charge in [-0.2, -0.15) is 0 Å². The molecular weight excluding hydrogens is 318 g/mol. The highest BCUT2D eigenvalue weighted by Crippen LogP contribution is 2.34. The van der Waals surface area contributed by atoms with Crippen LogP contribution in [0.3, 0.4) is 0 Å². The van der Waals surface area contributed by atoms with Gasteiger partial charge in [0.25, 0.3) is 5.91 Å². The Morgan fingerprint density at radius 1 is 1.16 bits per heavy atom. The van der Waals surface area contributed by atoms with Crippen molar-refractivity contribution < 1.29 is 14.3 Å². The molecule has 6 heteroatoms. The van der Waals surface area contributed by atoms with Gasteiger partial charge in [-0.3, -0.25) is 4.79 Å². The van der Waals surface area contributed by atoms with Crippen molar-refractivity contribution in [2.75, 3.05) is 57.4 Å². The van der Waals surface area contributed by atoms with Gasteiger partial charge in [0.15, 0.2) is 6.10 Å². The number of rotatable bonds is 3. The Hall–Kier alpha value is -1.79. The summed E-state index contributed by atoms with van der Waals surface area (Å²) in [5, 5.41) is 3.43. The Balaban J connectivity index is 1.50. The molecular formula is C19H27N3O3. The second-order valence-electron chi connectivity index (χ2n) is 7.11. The van der Waals surface area contributed by atoms with Gasteiger partial charge in [-0.25, -0.2) is 0 Å². The fraction of sp³-hybridized carbons (Fsp3) is 0.632. The summed E-state index contributed by atoms with van der Waals surface area (Å²) in [7, 11) is 0. The van der Waals surface area contributed by atoms with Gasteiger partial charge in [0, 0.05) is 19.6 Å². The molecule has 3 aliphatic rings. The van der Waals surface area contributed by atoms with Gasteiger partial charge in [0.1, 0.15) is 5.75 Å². The number of ether oxygens (including phenoxy) is 2. The van der Waals surface area contributed by atoms with Crippen LogP contribution in [0.25, 0.3) is 0 Å². The van der Waals surface area contributed by atoms with Crippen LogP contribution in [0.5, 0.6) is 5.75 Å². The molecule has 0 saturated carbocycles. The Bertz CT molecular complexity index is 597. The van der Waals surface area contributed by atoms with Crippen molar-refractivity contribution in [3.8, 4) is 5.75 Å². The van der Waals surface area contributed by atoms with E-state index in [1.165, 1.54) is 12.8 Å². The molecule has 2 fully saturated rings. The molecule has 1 aromatic carbocycles. The van der Waals surface area contributed by atoms with Crippen LogP contribution in [0, 0.1) is 5.92 Å². The van der Waals surface area contributed by atoms with Crippen LogP contribution in [0.1, 0.15) is 12.8 Å². The van der Waals surface area contributed by atoms with Crippen molar-refractivity contribution in [2.45, 2.75) is 18.9 Å². The predicted octanol–water partition coefficient (Wildman–Crippen LogP) is 1.11. The zero-order valence-corrected chi connectivity index (χ0v) is 14.7. The van der Waals surface area contributed by atoms with Gasteiger partial charge in [-0.05, 0) is 44.0 Å². The number of anilines is 1. The molecule has 6 nitrogen and oxygen atoms in total. The minimum absolute atomic E-state index is 0.0908. The number of carbonyl (C=O) groups excluding carboxylic acids is 1. The Morgan fingerprint density at radius 2 is 1.92 bits per heavy atom. The summed E-state index contributed by atoms with van der Waals surface area (Å²) < 4.78 is 11.4. The second kappa shape index (κ2) is 7.62. The smallest absolute Gasteiger partial charge is 0.265 e. The van der Waals surface area contributed by atoms with Crippen molar-refractivity contribution in [3.63, 3.8) is 0 Å². The zero-order valence-electron chi connectivity index (χ0n) is 14.7. The van der Waals surface area contributed by atoms with Crippen LogP contribution in [-0.2, 0) is 9.53 Å². The molecule has 0 aromatic heterocycles. The van der Waals surface area contributed by atoms with Crippen molar-refractivity contribution >= 4 is 11.6 Å². The summed E-state index contributed by atoms with van der Waals surface area (Å²) in [6, 6.07) is 8.10. The van der Waals surface area contributed by atoms with Crippen LogP contribution >= 0.6 is 0 Å². The van der Waals surface area contributed by atoms with Crippen LogP contribution in [0.15, 0.2) is 24.3 Å². The Labute approximate surface area is 149 Å². The molecule has 136 valence electrons. The van der Waals surface area contributed by atoms with Gasteiger partial charge in [0.05, 0.1) is 25.4 Å².